The van der Waals surface area contributed by atoms with E-state index >= 15 is 0 Å². The third-order valence-corrected chi connectivity index (χ3v) is 4.18. The molecule has 0 spiro atoms. The molecule has 0 atom stereocenters. The first-order chi connectivity index (χ1) is 14.5. The highest BCUT2D eigenvalue weighted by atomic mass is 16.5. The molecule has 1 amide bonds. The van der Waals surface area contributed by atoms with E-state index in [2.05, 4.69) is 5.32 Å². The van der Waals surface area contributed by atoms with Gasteiger partial charge < -0.3 is 23.9 Å². The molecule has 8 nitrogen and oxygen atoms in total. The lowest BCUT2D eigenvalue weighted by molar-refractivity contribution is 0.0475. The number of hydrogen-bond donors (Lipinski definition) is 1. The third-order valence-electron chi connectivity index (χ3n) is 4.18. The number of amides is 1. The number of rotatable bonds is 8. The van der Waals surface area contributed by atoms with Gasteiger partial charge in [0.05, 0.1) is 31.7 Å². The number of carbonyl (C=O) groups excluding carboxylic acids is 3. The lowest BCUT2D eigenvalue weighted by Crippen LogP contribution is -2.18. The van der Waals surface area contributed by atoms with Crippen molar-refractivity contribution in [2.45, 2.75) is 0 Å². The standard InChI is InChI=1S/C22H19NO7/c1-27-18-10-9-14(12-20(18)28-2)17(24)13-30-22(26)15-6-3-4-7-16(15)23-21(25)19-8-5-11-29-19/h3-12H,13H2,1-2H3,(H,23,25). The first kappa shape index (κ1) is 20.7. The first-order valence-corrected chi connectivity index (χ1v) is 8.89. The third kappa shape index (κ3) is 4.67. The van der Waals surface area contributed by atoms with Gasteiger partial charge in [0.25, 0.3) is 5.91 Å². The van der Waals surface area contributed by atoms with Gasteiger partial charge in [0.1, 0.15) is 0 Å². The molecule has 0 radical (unpaired) electrons. The van der Waals surface area contributed by atoms with Crippen molar-refractivity contribution in [1.82, 2.24) is 0 Å². The molecular formula is C22H19NO7. The van der Waals surface area contributed by atoms with Crippen molar-refractivity contribution >= 4 is 23.3 Å². The minimum absolute atomic E-state index is 0.0989. The number of Topliss-reactive ketones (excluding diaryl/α,β-unsaturated/α-hetero) is 1. The van der Waals surface area contributed by atoms with Gasteiger partial charge in [-0.1, -0.05) is 12.1 Å². The summed E-state index contributed by atoms with van der Waals surface area (Å²) < 4.78 is 20.5. The molecule has 1 heterocycles. The van der Waals surface area contributed by atoms with Crippen molar-refractivity contribution < 1.29 is 33.0 Å². The fourth-order valence-corrected chi connectivity index (χ4v) is 2.66. The van der Waals surface area contributed by atoms with Gasteiger partial charge in [-0.25, -0.2) is 4.79 Å². The minimum atomic E-state index is -0.751. The molecule has 0 aliphatic heterocycles. The number of methoxy groups -OCH3 is 2. The zero-order chi connectivity index (χ0) is 21.5. The van der Waals surface area contributed by atoms with E-state index in [0.29, 0.717) is 17.1 Å². The van der Waals surface area contributed by atoms with Crippen LogP contribution in [0, 0.1) is 0 Å². The predicted octanol–water partition coefficient (Wildman–Crippen LogP) is 3.59. The molecule has 3 aromatic rings. The minimum Gasteiger partial charge on any atom is -0.493 e. The number of para-hydroxylation sites is 1. The molecule has 0 bridgehead atoms. The molecule has 0 saturated heterocycles. The molecule has 1 N–H and O–H groups in total. The summed E-state index contributed by atoms with van der Waals surface area (Å²) in [4.78, 5) is 37.1. The lowest BCUT2D eigenvalue weighted by atomic mass is 10.1. The maximum Gasteiger partial charge on any atom is 0.340 e. The lowest BCUT2D eigenvalue weighted by Gasteiger charge is -2.11. The molecular weight excluding hydrogens is 390 g/mol. The van der Waals surface area contributed by atoms with Crippen LogP contribution in [-0.2, 0) is 4.74 Å². The Morgan fingerprint density at radius 2 is 1.70 bits per heavy atom. The van der Waals surface area contributed by atoms with Crippen molar-refractivity contribution in [1.29, 1.82) is 0 Å². The van der Waals surface area contributed by atoms with Crippen molar-refractivity contribution in [3.05, 3.63) is 77.7 Å². The SMILES string of the molecule is COc1ccc(C(=O)COC(=O)c2ccccc2NC(=O)c2ccco2)cc1OC. The first-order valence-electron chi connectivity index (χ1n) is 8.89. The monoisotopic (exact) mass is 409 g/mol. The molecule has 1 aromatic heterocycles. The van der Waals surface area contributed by atoms with Crippen LogP contribution in [0.25, 0.3) is 0 Å². The number of esters is 1. The average molecular weight is 409 g/mol. The smallest absolute Gasteiger partial charge is 0.340 e. The van der Waals surface area contributed by atoms with Gasteiger partial charge >= 0.3 is 5.97 Å². The summed E-state index contributed by atoms with van der Waals surface area (Å²) in [6.45, 7) is -0.477. The van der Waals surface area contributed by atoms with Gasteiger partial charge in [-0.3, -0.25) is 9.59 Å². The number of benzene rings is 2. The molecule has 3 rings (SSSR count). The van der Waals surface area contributed by atoms with Crippen LogP contribution in [0.3, 0.4) is 0 Å². The molecule has 0 unspecified atom stereocenters. The van der Waals surface area contributed by atoms with Crippen LogP contribution in [0.4, 0.5) is 5.69 Å². The highest BCUT2D eigenvalue weighted by Crippen LogP contribution is 2.27. The Labute approximate surface area is 172 Å². The molecule has 2 aromatic carbocycles. The Balaban J connectivity index is 1.68. The van der Waals surface area contributed by atoms with Gasteiger partial charge in [-0.15, -0.1) is 0 Å². The average Bonchev–Trinajstić information content (AvgIpc) is 3.32. The van der Waals surface area contributed by atoms with Crippen LogP contribution in [0.2, 0.25) is 0 Å². The van der Waals surface area contributed by atoms with E-state index in [4.69, 9.17) is 18.6 Å². The van der Waals surface area contributed by atoms with Gasteiger partial charge in [0, 0.05) is 5.56 Å². The summed E-state index contributed by atoms with van der Waals surface area (Å²) in [7, 11) is 2.95. The van der Waals surface area contributed by atoms with Crippen LogP contribution >= 0.6 is 0 Å². The number of carbonyl (C=O) groups is 3. The van der Waals surface area contributed by atoms with Gasteiger partial charge in [0.15, 0.2) is 29.6 Å². The quantitative estimate of drug-likeness (QED) is 0.448. The Morgan fingerprint density at radius 3 is 2.40 bits per heavy atom. The Hall–Kier alpha value is -4.07. The van der Waals surface area contributed by atoms with E-state index in [1.807, 2.05) is 0 Å². The van der Waals surface area contributed by atoms with Gasteiger partial charge in [0.2, 0.25) is 0 Å². The van der Waals surface area contributed by atoms with Crippen molar-refractivity contribution in [3.8, 4) is 11.5 Å². The number of nitrogens with one attached hydrogen (secondary N) is 1. The van der Waals surface area contributed by atoms with E-state index in [1.165, 1.54) is 38.7 Å². The van der Waals surface area contributed by atoms with E-state index in [1.54, 1.807) is 36.4 Å². The van der Waals surface area contributed by atoms with Crippen molar-refractivity contribution in [2.24, 2.45) is 0 Å². The zero-order valence-electron chi connectivity index (χ0n) is 16.3. The highest BCUT2D eigenvalue weighted by molar-refractivity contribution is 6.07. The van der Waals surface area contributed by atoms with E-state index in [9.17, 15) is 14.4 Å². The molecule has 8 heteroatoms. The van der Waals surface area contributed by atoms with E-state index in [-0.39, 0.29) is 17.0 Å². The number of hydrogen-bond acceptors (Lipinski definition) is 7. The van der Waals surface area contributed by atoms with Crippen LogP contribution in [-0.4, -0.2) is 38.5 Å². The molecule has 0 fully saturated rings. The summed E-state index contributed by atoms with van der Waals surface area (Å²) in [5.41, 5.74) is 0.653. The van der Waals surface area contributed by atoms with E-state index < -0.39 is 24.3 Å². The Morgan fingerprint density at radius 1 is 0.933 bits per heavy atom. The number of anilines is 1. The summed E-state index contributed by atoms with van der Waals surface area (Å²) in [5, 5.41) is 2.59. The fraction of sp³-hybridized carbons (Fsp3) is 0.136. The molecule has 0 aliphatic carbocycles. The zero-order valence-corrected chi connectivity index (χ0v) is 16.3. The number of ether oxygens (including phenoxy) is 3. The normalized spacial score (nSPS) is 10.2. The highest BCUT2D eigenvalue weighted by Gasteiger charge is 2.18. The Kier molecular flexibility index (Phi) is 6.49. The second kappa shape index (κ2) is 9.42. The fourth-order valence-electron chi connectivity index (χ4n) is 2.66. The predicted molar refractivity (Wildman–Crippen MR) is 107 cm³/mol. The Bertz CT molecular complexity index is 1060. The topological polar surface area (TPSA) is 104 Å². The number of furan rings is 1. The number of ketones is 1. The van der Waals surface area contributed by atoms with Gasteiger partial charge in [-0.05, 0) is 42.5 Å². The maximum absolute atomic E-state index is 12.5. The maximum atomic E-state index is 12.5. The molecule has 30 heavy (non-hydrogen) atoms. The summed E-state index contributed by atoms with van der Waals surface area (Å²) in [6, 6.07) is 14.0. The molecule has 154 valence electrons. The second-order valence-corrected chi connectivity index (χ2v) is 6.05. The van der Waals surface area contributed by atoms with Crippen LogP contribution in [0.1, 0.15) is 31.3 Å². The van der Waals surface area contributed by atoms with Crippen molar-refractivity contribution in [2.75, 3.05) is 26.1 Å². The summed E-state index contributed by atoms with van der Waals surface area (Å²) in [5.74, 6) is -0.711. The van der Waals surface area contributed by atoms with Gasteiger partial charge in [-0.2, -0.15) is 0 Å². The molecule has 0 aliphatic rings. The largest absolute Gasteiger partial charge is 0.493 e. The van der Waals surface area contributed by atoms with Crippen LogP contribution in [0.5, 0.6) is 11.5 Å². The van der Waals surface area contributed by atoms with E-state index in [0.717, 1.165) is 0 Å². The van der Waals surface area contributed by atoms with Crippen LogP contribution in [0.15, 0.2) is 65.3 Å². The van der Waals surface area contributed by atoms with Crippen molar-refractivity contribution in [3.63, 3.8) is 0 Å². The summed E-state index contributed by atoms with van der Waals surface area (Å²) >= 11 is 0. The summed E-state index contributed by atoms with van der Waals surface area (Å²) in [6.07, 6.45) is 1.37. The van der Waals surface area contributed by atoms with Crippen LogP contribution < -0.4 is 14.8 Å². The molecule has 0 saturated carbocycles. The second-order valence-electron chi connectivity index (χ2n) is 6.05.